The third-order valence-corrected chi connectivity index (χ3v) is 2.88. The minimum absolute atomic E-state index is 0.218. The maximum absolute atomic E-state index is 12.2. The van der Waals surface area contributed by atoms with Crippen molar-refractivity contribution in [3.05, 3.63) is 42.0 Å². The Morgan fingerprint density at radius 3 is 2.48 bits per heavy atom. The van der Waals surface area contributed by atoms with Crippen LogP contribution in [-0.2, 0) is 0 Å². The average molecular weight is 300 g/mol. The smallest absolute Gasteiger partial charge is 0.417 e. The first-order valence-electron chi connectivity index (χ1n) is 5.93. The molecule has 0 spiro atoms. The fraction of sp³-hybridized carbons (Fsp3) is 0.214. The summed E-state index contributed by atoms with van der Waals surface area (Å²) < 4.78 is 41.5. The molecule has 7 heteroatoms. The van der Waals surface area contributed by atoms with Gasteiger partial charge in [0, 0.05) is 0 Å². The van der Waals surface area contributed by atoms with E-state index in [1.807, 2.05) is 0 Å². The standard InChI is InChI=1S/C14H11F3O4/c15-14(16,17)11(18)7-21-10-6-5-8-3-1-2-4-9(8)12(10)13(19)20/h1-6,11,18H,7H2,(H,19,20). The number of hydrogen-bond donors (Lipinski definition) is 2. The third-order valence-electron chi connectivity index (χ3n) is 2.88. The maximum atomic E-state index is 12.2. The maximum Gasteiger partial charge on any atom is 0.417 e. The number of carbonyl (C=O) groups is 1. The van der Waals surface area contributed by atoms with Gasteiger partial charge in [-0.15, -0.1) is 0 Å². The lowest BCUT2D eigenvalue weighted by molar-refractivity contribution is -0.210. The molecule has 2 aromatic carbocycles. The molecule has 0 saturated heterocycles. The summed E-state index contributed by atoms with van der Waals surface area (Å²) in [4.78, 5) is 11.3. The van der Waals surface area contributed by atoms with Gasteiger partial charge in [0.15, 0.2) is 6.10 Å². The highest BCUT2D eigenvalue weighted by molar-refractivity contribution is 6.06. The number of alkyl halides is 3. The number of ether oxygens (including phenoxy) is 1. The Kier molecular flexibility index (Phi) is 4.04. The Labute approximate surface area is 117 Å². The predicted octanol–water partition coefficient (Wildman–Crippen LogP) is 2.84. The second-order valence-electron chi connectivity index (χ2n) is 4.33. The van der Waals surface area contributed by atoms with Crippen LogP contribution in [0, 0.1) is 0 Å². The van der Waals surface area contributed by atoms with Gasteiger partial charge in [0.25, 0.3) is 0 Å². The van der Waals surface area contributed by atoms with Crippen LogP contribution in [0.4, 0.5) is 13.2 Å². The van der Waals surface area contributed by atoms with Crippen molar-refractivity contribution < 1.29 is 32.9 Å². The molecule has 0 saturated carbocycles. The lowest BCUT2D eigenvalue weighted by Gasteiger charge is -2.17. The number of rotatable bonds is 4. The van der Waals surface area contributed by atoms with Crippen LogP contribution in [-0.4, -0.2) is 35.1 Å². The topological polar surface area (TPSA) is 66.8 Å². The van der Waals surface area contributed by atoms with Crippen LogP contribution in [0.2, 0.25) is 0 Å². The summed E-state index contributed by atoms with van der Waals surface area (Å²) in [7, 11) is 0. The molecular weight excluding hydrogens is 289 g/mol. The van der Waals surface area contributed by atoms with Crippen molar-refractivity contribution in [1.82, 2.24) is 0 Å². The zero-order chi connectivity index (χ0) is 15.6. The van der Waals surface area contributed by atoms with E-state index in [4.69, 9.17) is 9.84 Å². The predicted molar refractivity (Wildman–Crippen MR) is 68.5 cm³/mol. The van der Waals surface area contributed by atoms with Gasteiger partial charge < -0.3 is 14.9 Å². The molecule has 0 aromatic heterocycles. The SMILES string of the molecule is O=C(O)c1c(OCC(O)C(F)(F)F)ccc2ccccc12. The zero-order valence-electron chi connectivity index (χ0n) is 10.6. The van der Waals surface area contributed by atoms with Gasteiger partial charge in [-0.1, -0.05) is 30.3 Å². The number of carboxylic acid groups (broad SMARTS) is 1. The number of carboxylic acids is 1. The summed E-state index contributed by atoms with van der Waals surface area (Å²) in [6.45, 7) is -1.07. The van der Waals surface area contributed by atoms with E-state index >= 15 is 0 Å². The monoisotopic (exact) mass is 300 g/mol. The van der Waals surface area contributed by atoms with Gasteiger partial charge in [0.05, 0.1) is 0 Å². The molecule has 0 amide bonds. The Hall–Kier alpha value is -2.28. The molecule has 0 aliphatic carbocycles. The van der Waals surface area contributed by atoms with E-state index in [0.29, 0.717) is 10.8 Å². The van der Waals surface area contributed by atoms with Gasteiger partial charge in [-0.25, -0.2) is 4.79 Å². The van der Waals surface area contributed by atoms with E-state index in [1.165, 1.54) is 18.2 Å². The molecule has 4 nitrogen and oxygen atoms in total. The molecule has 2 rings (SSSR count). The molecule has 0 heterocycles. The van der Waals surface area contributed by atoms with Crippen molar-refractivity contribution >= 4 is 16.7 Å². The first-order valence-corrected chi connectivity index (χ1v) is 5.93. The highest BCUT2D eigenvalue weighted by Gasteiger charge is 2.39. The summed E-state index contributed by atoms with van der Waals surface area (Å²) in [6, 6.07) is 9.35. The van der Waals surface area contributed by atoms with Crippen molar-refractivity contribution in [3.8, 4) is 5.75 Å². The highest BCUT2D eigenvalue weighted by atomic mass is 19.4. The summed E-state index contributed by atoms with van der Waals surface area (Å²) in [5.74, 6) is -1.53. The van der Waals surface area contributed by atoms with Gasteiger partial charge >= 0.3 is 12.1 Å². The number of hydrogen-bond acceptors (Lipinski definition) is 3. The van der Waals surface area contributed by atoms with E-state index in [2.05, 4.69) is 0 Å². The van der Waals surface area contributed by atoms with Crippen molar-refractivity contribution in [2.45, 2.75) is 12.3 Å². The molecular formula is C14H11F3O4. The van der Waals surface area contributed by atoms with Crippen LogP contribution in [0.5, 0.6) is 5.75 Å². The summed E-state index contributed by atoms with van der Waals surface area (Å²) in [6.07, 6.45) is -7.49. The van der Waals surface area contributed by atoms with Gasteiger partial charge in [-0.2, -0.15) is 13.2 Å². The molecule has 0 radical (unpaired) electrons. The molecule has 2 N–H and O–H groups in total. The molecule has 0 aliphatic rings. The van der Waals surface area contributed by atoms with E-state index in [1.54, 1.807) is 18.2 Å². The van der Waals surface area contributed by atoms with Crippen LogP contribution in [0.15, 0.2) is 36.4 Å². The number of benzene rings is 2. The first kappa shape index (κ1) is 15.1. The molecule has 0 aliphatic heterocycles. The average Bonchev–Trinajstić information content (AvgIpc) is 2.42. The molecule has 1 unspecified atom stereocenters. The van der Waals surface area contributed by atoms with Gasteiger partial charge in [-0.05, 0) is 16.8 Å². The van der Waals surface area contributed by atoms with E-state index in [0.717, 1.165) is 0 Å². The molecule has 21 heavy (non-hydrogen) atoms. The fourth-order valence-corrected chi connectivity index (χ4v) is 1.86. The number of aliphatic hydroxyl groups is 1. The van der Waals surface area contributed by atoms with Crippen molar-refractivity contribution in [2.24, 2.45) is 0 Å². The molecule has 1 atom stereocenters. The largest absolute Gasteiger partial charge is 0.490 e. The highest BCUT2D eigenvalue weighted by Crippen LogP contribution is 2.29. The fourth-order valence-electron chi connectivity index (χ4n) is 1.86. The van der Waals surface area contributed by atoms with E-state index < -0.39 is 24.9 Å². The minimum atomic E-state index is -4.82. The lowest BCUT2D eigenvalue weighted by Crippen LogP contribution is -2.34. The van der Waals surface area contributed by atoms with Crippen LogP contribution in [0.1, 0.15) is 10.4 Å². The number of aliphatic hydroxyl groups excluding tert-OH is 1. The van der Waals surface area contributed by atoms with Crippen LogP contribution in [0.25, 0.3) is 10.8 Å². The lowest BCUT2D eigenvalue weighted by atomic mass is 10.0. The minimum Gasteiger partial charge on any atom is -0.490 e. The van der Waals surface area contributed by atoms with Gasteiger partial charge in [-0.3, -0.25) is 0 Å². The van der Waals surface area contributed by atoms with Gasteiger partial charge in [0.1, 0.15) is 17.9 Å². The first-order chi connectivity index (χ1) is 9.80. The number of fused-ring (bicyclic) bond motifs is 1. The van der Waals surface area contributed by atoms with E-state index in [9.17, 15) is 23.1 Å². The summed E-state index contributed by atoms with van der Waals surface area (Å²) in [5, 5.41) is 19.1. The zero-order valence-corrected chi connectivity index (χ0v) is 10.6. The summed E-state index contributed by atoms with van der Waals surface area (Å²) >= 11 is 0. The van der Waals surface area contributed by atoms with Crippen molar-refractivity contribution in [1.29, 1.82) is 0 Å². The Morgan fingerprint density at radius 1 is 1.19 bits per heavy atom. The van der Waals surface area contributed by atoms with Gasteiger partial charge in [0.2, 0.25) is 0 Å². The van der Waals surface area contributed by atoms with Crippen molar-refractivity contribution in [2.75, 3.05) is 6.61 Å². The molecule has 2 aromatic rings. The Morgan fingerprint density at radius 2 is 1.86 bits per heavy atom. The second-order valence-corrected chi connectivity index (χ2v) is 4.33. The van der Waals surface area contributed by atoms with E-state index in [-0.39, 0.29) is 11.3 Å². The number of halogens is 3. The Balaban J connectivity index is 2.36. The third kappa shape index (κ3) is 3.25. The van der Waals surface area contributed by atoms with Crippen molar-refractivity contribution in [3.63, 3.8) is 0 Å². The normalized spacial score (nSPS) is 13.1. The second kappa shape index (κ2) is 5.61. The molecule has 112 valence electrons. The Bertz CT molecular complexity index is 667. The number of aromatic carboxylic acids is 1. The van der Waals surface area contributed by atoms with Crippen LogP contribution in [0.3, 0.4) is 0 Å². The quantitative estimate of drug-likeness (QED) is 0.911. The molecule has 0 fully saturated rings. The summed E-state index contributed by atoms with van der Waals surface area (Å²) in [5.41, 5.74) is -0.234. The van der Waals surface area contributed by atoms with Crippen LogP contribution < -0.4 is 4.74 Å². The van der Waals surface area contributed by atoms with Crippen LogP contribution >= 0.6 is 0 Å². The molecule has 0 bridgehead atoms.